The first-order valence-corrected chi connectivity index (χ1v) is 5.98. The maximum absolute atomic E-state index is 12.6. The van der Waals surface area contributed by atoms with Gasteiger partial charge in [-0.3, -0.25) is 4.84 Å². The fourth-order valence-corrected chi connectivity index (χ4v) is 1.46. The lowest BCUT2D eigenvalue weighted by molar-refractivity contribution is -0.143. The van der Waals surface area contributed by atoms with Crippen LogP contribution in [0.2, 0.25) is 0 Å². The normalized spacial score (nSPS) is 13.6. The number of hydrogen-bond donors (Lipinski definition) is 1. The molecule has 0 aliphatic carbocycles. The monoisotopic (exact) mass is 315 g/mol. The zero-order valence-corrected chi connectivity index (χ0v) is 11.6. The van der Waals surface area contributed by atoms with Crippen LogP contribution in [-0.4, -0.2) is 5.60 Å². The summed E-state index contributed by atoms with van der Waals surface area (Å²) in [6, 6.07) is 1.41. The van der Waals surface area contributed by atoms with Crippen molar-refractivity contribution in [3.63, 3.8) is 0 Å². The number of benzene rings is 1. The maximum atomic E-state index is 12.6. The number of alkyl halides is 6. The van der Waals surface area contributed by atoms with Crippen LogP contribution < -0.4 is 5.48 Å². The minimum absolute atomic E-state index is 0.0914. The molecule has 0 heterocycles. The lowest BCUT2D eigenvalue weighted by Gasteiger charge is -2.20. The minimum atomic E-state index is -4.85. The van der Waals surface area contributed by atoms with Gasteiger partial charge in [0, 0.05) is 6.54 Å². The van der Waals surface area contributed by atoms with Gasteiger partial charge in [-0.05, 0) is 44.5 Å². The predicted molar refractivity (Wildman–Crippen MR) is 64.1 cm³/mol. The van der Waals surface area contributed by atoms with Crippen molar-refractivity contribution in [3.05, 3.63) is 34.9 Å². The highest BCUT2D eigenvalue weighted by Gasteiger charge is 2.36. The summed E-state index contributed by atoms with van der Waals surface area (Å²) in [5.74, 6) is 0. The van der Waals surface area contributed by atoms with Gasteiger partial charge in [-0.15, -0.1) is 0 Å². The summed E-state index contributed by atoms with van der Waals surface area (Å²) in [5, 5.41) is 0. The van der Waals surface area contributed by atoms with E-state index in [1.165, 1.54) is 0 Å². The molecule has 1 N–H and O–H groups in total. The van der Waals surface area contributed by atoms with Crippen LogP contribution in [0.1, 0.15) is 37.5 Å². The Bertz CT molecular complexity index is 455. The molecule has 0 aliphatic rings. The first kappa shape index (κ1) is 17.8. The van der Waals surface area contributed by atoms with Crippen LogP contribution in [0, 0.1) is 0 Å². The molecule has 0 spiro atoms. The molecular formula is C13H15F6NO. The Morgan fingerprint density at radius 2 is 1.29 bits per heavy atom. The summed E-state index contributed by atoms with van der Waals surface area (Å²) in [7, 11) is 0. The Labute approximate surface area is 118 Å². The largest absolute Gasteiger partial charge is 0.416 e. The molecule has 1 aromatic rings. The third kappa shape index (κ3) is 5.92. The van der Waals surface area contributed by atoms with E-state index >= 15 is 0 Å². The predicted octanol–water partition coefficient (Wildman–Crippen LogP) is 4.54. The quantitative estimate of drug-likeness (QED) is 0.653. The number of nitrogens with one attached hydrogen (secondary N) is 1. The van der Waals surface area contributed by atoms with Gasteiger partial charge in [0.15, 0.2) is 0 Å². The molecule has 0 aromatic heterocycles. The lowest BCUT2D eigenvalue weighted by atomic mass is 10.0. The molecule has 1 aromatic carbocycles. The molecule has 2 nitrogen and oxygen atoms in total. The molecule has 0 fully saturated rings. The molecule has 0 radical (unpaired) electrons. The Balaban J connectivity index is 3.03. The van der Waals surface area contributed by atoms with Crippen LogP contribution in [0.3, 0.4) is 0 Å². The summed E-state index contributed by atoms with van der Waals surface area (Å²) in [5.41, 5.74) is -1.10. The molecule has 0 amide bonds. The summed E-state index contributed by atoms with van der Waals surface area (Å²) in [6.45, 7) is 4.79. The van der Waals surface area contributed by atoms with Gasteiger partial charge >= 0.3 is 12.4 Å². The van der Waals surface area contributed by atoms with Crippen molar-refractivity contribution in [3.8, 4) is 0 Å². The first-order chi connectivity index (χ1) is 9.29. The highest BCUT2D eigenvalue weighted by molar-refractivity contribution is 5.33. The summed E-state index contributed by atoms with van der Waals surface area (Å²) in [4.78, 5) is 5.07. The van der Waals surface area contributed by atoms with Crippen LogP contribution in [0.25, 0.3) is 0 Å². The van der Waals surface area contributed by atoms with Crippen molar-refractivity contribution in [1.82, 2.24) is 5.48 Å². The highest BCUT2D eigenvalue weighted by atomic mass is 19.4. The van der Waals surface area contributed by atoms with Gasteiger partial charge in [-0.2, -0.15) is 31.8 Å². The number of hydrogen-bond acceptors (Lipinski definition) is 2. The molecule has 1 rings (SSSR count). The molecule has 0 atom stereocenters. The van der Waals surface area contributed by atoms with Crippen molar-refractivity contribution in [2.45, 2.75) is 45.3 Å². The fraction of sp³-hybridized carbons (Fsp3) is 0.538. The van der Waals surface area contributed by atoms with Crippen molar-refractivity contribution < 1.29 is 31.2 Å². The second-order valence-corrected chi connectivity index (χ2v) is 5.45. The van der Waals surface area contributed by atoms with Crippen LogP contribution in [-0.2, 0) is 23.7 Å². The van der Waals surface area contributed by atoms with E-state index in [1.54, 1.807) is 20.8 Å². The van der Waals surface area contributed by atoms with E-state index in [4.69, 9.17) is 4.84 Å². The molecule has 0 saturated heterocycles. The van der Waals surface area contributed by atoms with E-state index in [9.17, 15) is 26.3 Å². The van der Waals surface area contributed by atoms with E-state index < -0.39 is 29.1 Å². The number of hydroxylamine groups is 1. The third-order valence-corrected chi connectivity index (χ3v) is 2.30. The van der Waals surface area contributed by atoms with Gasteiger partial charge in [0.2, 0.25) is 0 Å². The van der Waals surface area contributed by atoms with Crippen molar-refractivity contribution in [1.29, 1.82) is 0 Å². The standard InChI is InChI=1S/C13H15F6NO/c1-11(2,3)21-20-7-8-4-9(12(14,15)16)6-10(5-8)13(17,18)19/h4-6,20H,7H2,1-3H3. The molecule has 0 bridgehead atoms. The van der Waals surface area contributed by atoms with Gasteiger partial charge < -0.3 is 0 Å². The van der Waals surface area contributed by atoms with Crippen LogP contribution in [0.15, 0.2) is 18.2 Å². The Morgan fingerprint density at radius 3 is 1.62 bits per heavy atom. The molecule has 8 heteroatoms. The Morgan fingerprint density at radius 1 is 0.857 bits per heavy atom. The van der Waals surface area contributed by atoms with Gasteiger partial charge in [-0.1, -0.05) is 0 Å². The summed E-state index contributed by atoms with van der Waals surface area (Å²) < 4.78 is 75.8. The van der Waals surface area contributed by atoms with Gasteiger partial charge in [0.25, 0.3) is 0 Å². The molecule has 0 unspecified atom stereocenters. The van der Waals surface area contributed by atoms with E-state index in [2.05, 4.69) is 5.48 Å². The maximum Gasteiger partial charge on any atom is 0.416 e. The fourth-order valence-electron chi connectivity index (χ4n) is 1.46. The van der Waals surface area contributed by atoms with Crippen LogP contribution in [0.4, 0.5) is 26.3 Å². The molecule has 21 heavy (non-hydrogen) atoms. The summed E-state index contributed by atoms with van der Waals surface area (Å²) in [6.07, 6.45) is -9.69. The van der Waals surface area contributed by atoms with E-state index in [0.717, 1.165) is 0 Å². The SMILES string of the molecule is CC(C)(C)ONCc1cc(C(F)(F)F)cc(C(F)(F)F)c1. The van der Waals surface area contributed by atoms with Crippen LogP contribution in [0.5, 0.6) is 0 Å². The van der Waals surface area contributed by atoms with E-state index in [1.807, 2.05) is 0 Å². The highest BCUT2D eigenvalue weighted by Crippen LogP contribution is 2.36. The zero-order chi connectivity index (χ0) is 16.5. The third-order valence-electron chi connectivity index (χ3n) is 2.30. The lowest BCUT2D eigenvalue weighted by Crippen LogP contribution is -2.29. The average molecular weight is 315 g/mol. The molecule has 0 aliphatic heterocycles. The first-order valence-electron chi connectivity index (χ1n) is 5.98. The van der Waals surface area contributed by atoms with Gasteiger partial charge in [0.05, 0.1) is 16.7 Å². The smallest absolute Gasteiger partial charge is 0.296 e. The van der Waals surface area contributed by atoms with Crippen LogP contribution >= 0.6 is 0 Å². The van der Waals surface area contributed by atoms with Crippen molar-refractivity contribution in [2.24, 2.45) is 0 Å². The Hall–Kier alpha value is -1.28. The van der Waals surface area contributed by atoms with Gasteiger partial charge in [0.1, 0.15) is 0 Å². The van der Waals surface area contributed by atoms with E-state index in [0.29, 0.717) is 12.1 Å². The molecule has 120 valence electrons. The average Bonchev–Trinajstić information content (AvgIpc) is 2.24. The Kier molecular flexibility index (Phi) is 4.94. The second kappa shape index (κ2) is 5.84. The topological polar surface area (TPSA) is 21.3 Å². The summed E-state index contributed by atoms with van der Waals surface area (Å²) >= 11 is 0. The van der Waals surface area contributed by atoms with Crippen molar-refractivity contribution in [2.75, 3.05) is 0 Å². The zero-order valence-electron chi connectivity index (χ0n) is 11.6. The number of halogens is 6. The molecule has 0 saturated carbocycles. The molecular weight excluding hydrogens is 300 g/mol. The van der Waals surface area contributed by atoms with E-state index in [-0.39, 0.29) is 18.2 Å². The van der Waals surface area contributed by atoms with Crippen molar-refractivity contribution >= 4 is 0 Å². The van der Waals surface area contributed by atoms with Gasteiger partial charge in [-0.25, -0.2) is 0 Å². The second-order valence-electron chi connectivity index (χ2n) is 5.45. The number of rotatable bonds is 3. The minimum Gasteiger partial charge on any atom is -0.296 e.